The highest BCUT2D eigenvalue weighted by Crippen LogP contribution is 2.43. The van der Waals surface area contributed by atoms with Gasteiger partial charge in [0.05, 0.1) is 6.04 Å². The Balaban J connectivity index is 1.28. The number of aryl methyl sites for hydroxylation is 1. The first-order valence-corrected chi connectivity index (χ1v) is 11.2. The molecular weight excluding hydrogens is 404 g/mol. The molecule has 2 aliphatic carbocycles. The van der Waals surface area contributed by atoms with Crippen LogP contribution in [-0.4, -0.2) is 35.4 Å². The molecule has 0 bridgehead atoms. The maximum Gasteiger partial charge on any atom is 0.361 e. The minimum Gasteiger partial charge on any atom is -0.451 e. The summed E-state index contributed by atoms with van der Waals surface area (Å²) < 4.78 is 11.3. The van der Waals surface area contributed by atoms with Crippen molar-refractivity contribution in [3.8, 4) is 11.5 Å². The van der Waals surface area contributed by atoms with Crippen LogP contribution in [0.2, 0.25) is 0 Å². The van der Waals surface area contributed by atoms with E-state index >= 15 is 0 Å². The van der Waals surface area contributed by atoms with Crippen molar-refractivity contribution in [2.75, 3.05) is 13.7 Å². The molecule has 1 atom stereocenters. The molecule has 1 unspecified atom stereocenters. The molecule has 164 valence electrons. The molecule has 1 heterocycles. The summed E-state index contributed by atoms with van der Waals surface area (Å²) in [6.07, 6.45) is 4.90. The number of amides is 1. The summed E-state index contributed by atoms with van der Waals surface area (Å²) in [5.41, 5.74) is 3.46. The number of carbonyl (C=O) groups is 2. The highest BCUT2D eigenvalue weighted by Gasteiger charge is 2.35. The van der Waals surface area contributed by atoms with Crippen LogP contribution in [0.15, 0.2) is 59.0 Å². The molecule has 5 rings (SSSR count). The molecule has 2 aromatic carbocycles. The minimum absolute atomic E-state index is 0.00455. The third-order valence-electron chi connectivity index (χ3n) is 6.34. The van der Waals surface area contributed by atoms with Gasteiger partial charge in [-0.1, -0.05) is 42.5 Å². The fraction of sp³-hybridized carbons (Fsp3) is 0.346. The second-order valence-corrected chi connectivity index (χ2v) is 8.56. The summed E-state index contributed by atoms with van der Waals surface area (Å²) in [6, 6.07) is 17.7. The quantitative estimate of drug-likeness (QED) is 0.520. The molecule has 2 aliphatic rings. The van der Waals surface area contributed by atoms with Gasteiger partial charge in [0.2, 0.25) is 5.89 Å². The van der Waals surface area contributed by atoms with Crippen molar-refractivity contribution >= 4 is 11.9 Å². The number of likely N-dealkylation sites (N-methyl/N-ethyl adjacent to an activating group) is 1. The monoisotopic (exact) mass is 430 g/mol. The Kier molecular flexibility index (Phi) is 5.52. The molecule has 32 heavy (non-hydrogen) atoms. The van der Waals surface area contributed by atoms with Gasteiger partial charge in [0.25, 0.3) is 5.91 Å². The van der Waals surface area contributed by atoms with Crippen LogP contribution in [0.4, 0.5) is 0 Å². The Morgan fingerprint density at radius 2 is 1.81 bits per heavy atom. The SMILES string of the molecule is CN(C(=O)COC(=O)c1nc(-c2ccccc2)oc1C1CC1)C1CCCc2ccccc21. The second-order valence-electron chi connectivity index (χ2n) is 8.56. The summed E-state index contributed by atoms with van der Waals surface area (Å²) in [4.78, 5) is 31.8. The van der Waals surface area contributed by atoms with Crippen LogP contribution in [0.1, 0.15) is 65.0 Å². The summed E-state index contributed by atoms with van der Waals surface area (Å²) in [7, 11) is 1.78. The van der Waals surface area contributed by atoms with Crippen molar-refractivity contribution in [1.82, 2.24) is 9.88 Å². The Hall–Kier alpha value is -3.41. The number of hydrogen-bond donors (Lipinski definition) is 0. The molecule has 6 heteroatoms. The van der Waals surface area contributed by atoms with Crippen LogP contribution in [0, 0.1) is 0 Å². The van der Waals surface area contributed by atoms with Crippen molar-refractivity contribution in [2.24, 2.45) is 0 Å². The van der Waals surface area contributed by atoms with E-state index in [0.717, 1.165) is 37.7 Å². The van der Waals surface area contributed by atoms with E-state index in [1.54, 1.807) is 11.9 Å². The number of rotatable bonds is 6. The van der Waals surface area contributed by atoms with Gasteiger partial charge < -0.3 is 14.1 Å². The molecule has 1 fully saturated rings. The van der Waals surface area contributed by atoms with Gasteiger partial charge in [-0.15, -0.1) is 0 Å². The number of hydrogen-bond acceptors (Lipinski definition) is 5. The summed E-state index contributed by atoms with van der Waals surface area (Å²) in [6.45, 7) is -0.314. The number of oxazole rings is 1. The molecule has 1 aromatic heterocycles. The highest BCUT2D eigenvalue weighted by atomic mass is 16.5. The van der Waals surface area contributed by atoms with E-state index in [2.05, 4.69) is 17.1 Å². The van der Waals surface area contributed by atoms with Crippen molar-refractivity contribution < 1.29 is 18.7 Å². The third-order valence-corrected chi connectivity index (χ3v) is 6.34. The van der Waals surface area contributed by atoms with Gasteiger partial charge in [-0.25, -0.2) is 9.78 Å². The number of ether oxygens (including phenoxy) is 1. The first kappa shape index (κ1) is 20.5. The van der Waals surface area contributed by atoms with Gasteiger partial charge in [-0.05, 0) is 55.4 Å². The number of aromatic nitrogens is 1. The Morgan fingerprint density at radius 1 is 1.06 bits per heavy atom. The lowest BCUT2D eigenvalue weighted by Crippen LogP contribution is -2.36. The van der Waals surface area contributed by atoms with E-state index in [0.29, 0.717) is 11.7 Å². The molecule has 3 aromatic rings. The van der Waals surface area contributed by atoms with E-state index in [1.165, 1.54) is 11.1 Å². The minimum atomic E-state index is -0.608. The van der Waals surface area contributed by atoms with Gasteiger partial charge in [0, 0.05) is 18.5 Å². The zero-order valence-electron chi connectivity index (χ0n) is 18.1. The smallest absolute Gasteiger partial charge is 0.361 e. The lowest BCUT2D eigenvalue weighted by Gasteiger charge is -2.33. The van der Waals surface area contributed by atoms with Crippen LogP contribution in [-0.2, 0) is 16.0 Å². The molecule has 0 aliphatic heterocycles. The lowest BCUT2D eigenvalue weighted by atomic mass is 9.87. The second kappa shape index (κ2) is 8.61. The van der Waals surface area contributed by atoms with Crippen LogP contribution < -0.4 is 0 Å². The third kappa shape index (κ3) is 4.05. The fourth-order valence-electron chi connectivity index (χ4n) is 4.41. The van der Waals surface area contributed by atoms with E-state index in [9.17, 15) is 9.59 Å². The highest BCUT2D eigenvalue weighted by molar-refractivity contribution is 5.91. The Labute approximate surface area is 187 Å². The van der Waals surface area contributed by atoms with E-state index in [4.69, 9.17) is 9.15 Å². The van der Waals surface area contributed by atoms with E-state index in [-0.39, 0.29) is 30.2 Å². The van der Waals surface area contributed by atoms with Crippen molar-refractivity contribution in [2.45, 2.75) is 44.1 Å². The Morgan fingerprint density at radius 3 is 2.59 bits per heavy atom. The number of nitrogens with zero attached hydrogens (tertiary/aromatic N) is 2. The van der Waals surface area contributed by atoms with E-state index in [1.807, 2.05) is 42.5 Å². The standard InChI is InChI=1S/C26H26N2O4/c1-28(21-13-7-11-17-8-5-6-12-20(17)21)22(29)16-31-26(30)23-24(18-14-15-18)32-25(27-23)19-9-3-2-4-10-19/h2-6,8-10,12,18,21H,7,11,13-16H2,1H3. The summed E-state index contributed by atoms with van der Waals surface area (Å²) in [5, 5.41) is 0. The van der Waals surface area contributed by atoms with Crippen LogP contribution >= 0.6 is 0 Å². The summed E-state index contributed by atoms with van der Waals surface area (Å²) in [5.74, 6) is 0.334. The van der Waals surface area contributed by atoms with Crippen molar-refractivity contribution in [3.63, 3.8) is 0 Å². The van der Waals surface area contributed by atoms with Gasteiger partial charge in [-0.2, -0.15) is 0 Å². The number of fused-ring (bicyclic) bond motifs is 1. The molecular formula is C26H26N2O4. The molecule has 0 saturated heterocycles. The molecule has 0 radical (unpaired) electrons. The first-order valence-electron chi connectivity index (χ1n) is 11.2. The number of benzene rings is 2. The predicted octanol–water partition coefficient (Wildman–Crippen LogP) is 4.91. The largest absolute Gasteiger partial charge is 0.451 e. The average Bonchev–Trinajstić information content (AvgIpc) is 3.59. The summed E-state index contributed by atoms with van der Waals surface area (Å²) >= 11 is 0. The average molecular weight is 431 g/mol. The van der Waals surface area contributed by atoms with E-state index < -0.39 is 5.97 Å². The van der Waals surface area contributed by atoms with Gasteiger partial charge in [0.1, 0.15) is 5.76 Å². The molecule has 1 saturated carbocycles. The van der Waals surface area contributed by atoms with Gasteiger partial charge >= 0.3 is 5.97 Å². The van der Waals surface area contributed by atoms with Gasteiger partial charge in [-0.3, -0.25) is 4.79 Å². The molecule has 0 spiro atoms. The maximum absolute atomic E-state index is 12.9. The normalized spacial score (nSPS) is 17.5. The van der Waals surface area contributed by atoms with Crippen molar-refractivity contribution in [3.05, 3.63) is 77.2 Å². The topological polar surface area (TPSA) is 72.6 Å². The Bertz CT molecular complexity index is 1130. The first-order chi connectivity index (χ1) is 15.6. The number of carbonyl (C=O) groups excluding carboxylic acids is 2. The molecule has 0 N–H and O–H groups in total. The maximum atomic E-state index is 12.9. The molecule has 6 nitrogen and oxygen atoms in total. The van der Waals surface area contributed by atoms with Crippen LogP contribution in [0.5, 0.6) is 0 Å². The predicted molar refractivity (Wildman–Crippen MR) is 119 cm³/mol. The lowest BCUT2D eigenvalue weighted by molar-refractivity contribution is -0.135. The fourth-order valence-corrected chi connectivity index (χ4v) is 4.41. The molecule has 1 amide bonds. The zero-order valence-corrected chi connectivity index (χ0v) is 18.1. The zero-order chi connectivity index (χ0) is 22.1. The number of esters is 1. The van der Waals surface area contributed by atoms with Crippen LogP contribution in [0.3, 0.4) is 0 Å². The van der Waals surface area contributed by atoms with Gasteiger partial charge in [0.15, 0.2) is 12.3 Å². The van der Waals surface area contributed by atoms with Crippen molar-refractivity contribution in [1.29, 1.82) is 0 Å². The van der Waals surface area contributed by atoms with Crippen LogP contribution in [0.25, 0.3) is 11.5 Å².